The van der Waals surface area contributed by atoms with E-state index in [1.165, 1.54) is 7.11 Å². The molecule has 1 saturated heterocycles. The lowest BCUT2D eigenvalue weighted by atomic mass is 10.2. The van der Waals surface area contributed by atoms with Crippen molar-refractivity contribution in [1.82, 2.24) is 10.2 Å². The Bertz CT molecular complexity index is 314. The van der Waals surface area contributed by atoms with Crippen molar-refractivity contribution >= 4 is 21.9 Å². The molecule has 0 bridgehead atoms. The van der Waals surface area contributed by atoms with E-state index in [0.29, 0.717) is 5.57 Å². The normalized spacial score (nSPS) is 29.9. The Hall–Kier alpha value is -0.810. The van der Waals surface area contributed by atoms with E-state index in [1.807, 2.05) is 17.2 Å². The van der Waals surface area contributed by atoms with Crippen molar-refractivity contribution in [1.29, 1.82) is 0 Å². The third-order valence-corrected chi connectivity index (χ3v) is 3.10. The zero-order valence-electron chi connectivity index (χ0n) is 7.74. The maximum atomic E-state index is 11.3. The zero-order valence-corrected chi connectivity index (χ0v) is 9.32. The van der Waals surface area contributed by atoms with Gasteiger partial charge in [-0.1, -0.05) is 15.9 Å². The van der Waals surface area contributed by atoms with Gasteiger partial charge < -0.3 is 9.64 Å². The molecule has 0 radical (unpaired) electrons. The minimum atomic E-state index is -0.300. The summed E-state index contributed by atoms with van der Waals surface area (Å²) in [5.41, 5.74) is 0.580. The molecule has 0 saturated carbocycles. The molecule has 0 aromatic heterocycles. The van der Waals surface area contributed by atoms with Crippen molar-refractivity contribution in [3.05, 3.63) is 23.9 Å². The van der Waals surface area contributed by atoms with Gasteiger partial charge in [-0.25, -0.2) is 4.79 Å². The summed E-state index contributed by atoms with van der Waals surface area (Å²) < 4.78 is 4.65. The first kappa shape index (κ1) is 9.73. The van der Waals surface area contributed by atoms with Crippen LogP contribution in [0.15, 0.2) is 23.9 Å². The smallest absolute Gasteiger partial charge is 0.339 e. The Morgan fingerprint density at radius 2 is 2.57 bits per heavy atom. The highest BCUT2D eigenvalue weighted by molar-refractivity contribution is 9.09. The zero-order chi connectivity index (χ0) is 10.1. The number of nitrogens with one attached hydrogen (secondary N) is 1. The first-order valence-corrected chi connectivity index (χ1v) is 5.27. The number of alkyl halides is 1. The highest BCUT2D eigenvalue weighted by atomic mass is 79.9. The highest BCUT2D eigenvalue weighted by Crippen LogP contribution is 2.23. The number of rotatable bonds is 1. The van der Waals surface area contributed by atoms with Crippen molar-refractivity contribution < 1.29 is 9.53 Å². The average Bonchev–Trinajstić information content (AvgIpc) is 2.59. The molecule has 0 spiro atoms. The van der Waals surface area contributed by atoms with Gasteiger partial charge in [-0.05, 0) is 12.2 Å². The molecule has 1 fully saturated rings. The lowest BCUT2D eigenvalue weighted by Gasteiger charge is -2.26. The first-order chi connectivity index (χ1) is 6.72. The molecule has 2 heterocycles. The Balaban J connectivity index is 2.19. The van der Waals surface area contributed by atoms with Gasteiger partial charge in [0.05, 0.1) is 23.8 Å². The summed E-state index contributed by atoms with van der Waals surface area (Å²) in [6, 6.07) is 0. The molecule has 2 atom stereocenters. The molecule has 4 nitrogen and oxygen atoms in total. The maximum absolute atomic E-state index is 11.3. The number of nitrogens with zero attached hydrogens (tertiary/aromatic N) is 1. The van der Waals surface area contributed by atoms with E-state index in [2.05, 4.69) is 26.0 Å². The van der Waals surface area contributed by atoms with Gasteiger partial charge in [0, 0.05) is 12.7 Å². The minimum absolute atomic E-state index is 0.188. The number of ether oxygens (including phenoxy) is 1. The van der Waals surface area contributed by atoms with Crippen LogP contribution in [0, 0.1) is 0 Å². The van der Waals surface area contributed by atoms with E-state index in [9.17, 15) is 4.79 Å². The van der Waals surface area contributed by atoms with Gasteiger partial charge in [-0.3, -0.25) is 5.32 Å². The predicted octanol–water partition coefficient (Wildman–Crippen LogP) is 0.565. The van der Waals surface area contributed by atoms with Crippen molar-refractivity contribution in [2.24, 2.45) is 0 Å². The summed E-state index contributed by atoms with van der Waals surface area (Å²) in [5.74, 6) is -0.300. The summed E-state index contributed by atoms with van der Waals surface area (Å²) >= 11 is 3.51. The summed E-state index contributed by atoms with van der Waals surface area (Å²) in [6.07, 6.45) is 5.74. The van der Waals surface area contributed by atoms with E-state index in [0.717, 1.165) is 6.54 Å². The average molecular weight is 259 g/mol. The second-order valence-electron chi connectivity index (χ2n) is 3.17. The van der Waals surface area contributed by atoms with E-state index in [-0.39, 0.29) is 17.1 Å². The summed E-state index contributed by atoms with van der Waals surface area (Å²) in [5, 5.41) is 3.28. The standard InChI is InChI=1S/C9H11BrN2O2/c1-14-9(13)6-2-3-8-11-4-7(10)12(8)5-6/h2-3,5,7-8,11H,4H2,1H3/t7-,8+/m1/s1. The molecule has 5 heteroatoms. The molecular formula is C9H11BrN2O2. The monoisotopic (exact) mass is 258 g/mol. The molecule has 0 amide bonds. The van der Waals surface area contributed by atoms with Crippen LogP contribution in [-0.2, 0) is 9.53 Å². The van der Waals surface area contributed by atoms with Crippen molar-refractivity contribution in [3.63, 3.8) is 0 Å². The molecule has 76 valence electrons. The van der Waals surface area contributed by atoms with Gasteiger partial charge in [-0.15, -0.1) is 0 Å². The Labute approximate surface area is 90.7 Å². The van der Waals surface area contributed by atoms with Gasteiger partial charge in [0.25, 0.3) is 0 Å². The quantitative estimate of drug-likeness (QED) is 0.424. The molecule has 2 aliphatic heterocycles. The summed E-state index contributed by atoms with van der Waals surface area (Å²) in [6.45, 7) is 0.861. The van der Waals surface area contributed by atoms with Crippen molar-refractivity contribution in [2.75, 3.05) is 13.7 Å². The van der Waals surface area contributed by atoms with Crippen LogP contribution in [0.2, 0.25) is 0 Å². The number of carbonyl (C=O) groups is 1. The number of halogens is 1. The fourth-order valence-electron chi connectivity index (χ4n) is 1.57. The Kier molecular flexibility index (Phi) is 2.60. The molecule has 2 aliphatic rings. The number of esters is 1. The van der Waals surface area contributed by atoms with Crippen LogP contribution in [0.3, 0.4) is 0 Å². The highest BCUT2D eigenvalue weighted by Gasteiger charge is 2.30. The van der Waals surface area contributed by atoms with Crippen LogP contribution in [0.4, 0.5) is 0 Å². The molecule has 0 unspecified atom stereocenters. The van der Waals surface area contributed by atoms with Gasteiger partial charge in [0.15, 0.2) is 0 Å². The molecule has 0 aromatic rings. The third-order valence-electron chi connectivity index (χ3n) is 2.31. The first-order valence-electron chi connectivity index (χ1n) is 4.35. The number of methoxy groups -OCH3 is 1. The number of fused-ring (bicyclic) bond motifs is 1. The van der Waals surface area contributed by atoms with Crippen LogP contribution in [0.5, 0.6) is 0 Å². The maximum Gasteiger partial charge on any atom is 0.339 e. The topological polar surface area (TPSA) is 41.6 Å². The summed E-state index contributed by atoms with van der Waals surface area (Å²) in [7, 11) is 1.39. The van der Waals surface area contributed by atoms with Crippen LogP contribution in [0.25, 0.3) is 0 Å². The van der Waals surface area contributed by atoms with Gasteiger partial charge in [-0.2, -0.15) is 0 Å². The third kappa shape index (κ3) is 1.57. The van der Waals surface area contributed by atoms with Crippen molar-refractivity contribution in [2.45, 2.75) is 11.1 Å². The fraction of sp³-hybridized carbons (Fsp3) is 0.444. The Morgan fingerprint density at radius 1 is 1.79 bits per heavy atom. The molecule has 0 aliphatic carbocycles. The number of carbonyl (C=O) groups excluding carboxylic acids is 1. The summed E-state index contributed by atoms with van der Waals surface area (Å²) in [4.78, 5) is 13.5. The van der Waals surface area contributed by atoms with Gasteiger partial charge in [0.1, 0.15) is 0 Å². The van der Waals surface area contributed by atoms with Gasteiger partial charge in [0.2, 0.25) is 0 Å². The van der Waals surface area contributed by atoms with Crippen LogP contribution in [0.1, 0.15) is 0 Å². The second kappa shape index (κ2) is 3.74. The molecule has 2 rings (SSSR count). The lowest BCUT2D eigenvalue weighted by Crippen LogP contribution is -2.34. The van der Waals surface area contributed by atoms with Crippen LogP contribution < -0.4 is 5.32 Å². The van der Waals surface area contributed by atoms with Crippen molar-refractivity contribution in [3.8, 4) is 0 Å². The molecule has 0 aromatic carbocycles. The molecule has 1 N–H and O–H groups in total. The van der Waals surface area contributed by atoms with E-state index in [1.54, 1.807) is 6.08 Å². The lowest BCUT2D eigenvalue weighted by molar-refractivity contribution is -0.135. The van der Waals surface area contributed by atoms with E-state index >= 15 is 0 Å². The number of hydrogen-bond acceptors (Lipinski definition) is 4. The van der Waals surface area contributed by atoms with E-state index < -0.39 is 0 Å². The van der Waals surface area contributed by atoms with Crippen LogP contribution >= 0.6 is 15.9 Å². The van der Waals surface area contributed by atoms with E-state index in [4.69, 9.17) is 0 Å². The predicted molar refractivity (Wildman–Crippen MR) is 55.6 cm³/mol. The molecular weight excluding hydrogens is 248 g/mol. The largest absolute Gasteiger partial charge is 0.465 e. The fourth-order valence-corrected chi connectivity index (χ4v) is 2.13. The minimum Gasteiger partial charge on any atom is -0.465 e. The SMILES string of the molecule is COC(=O)C1=CN2[C@@H](Br)CN[C@@H]2C=C1. The molecule has 14 heavy (non-hydrogen) atoms. The Morgan fingerprint density at radius 3 is 3.29 bits per heavy atom. The second-order valence-corrected chi connectivity index (χ2v) is 4.23. The number of hydrogen-bond donors (Lipinski definition) is 1. The van der Waals surface area contributed by atoms with Gasteiger partial charge >= 0.3 is 5.97 Å². The van der Waals surface area contributed by atoms with Crippen LogP contribution in [-0.4, -0.2) is 35.6 Å².